The van der Waals surface area contributed by atoms with Crippen LogP contribution in [0.2, 0.25) is 0 Å². The van der Waals surface area contributed by atoms with Gasteiger partial charge in [-0.1, -0.05) is 121 Å². The number of rotatable bonds is 4. The summed E-state index contributed by atoms with van der Waals surface area (Å²) >= 11 is 0. The number of benzene rings is 6. The fourth-order valence-electron chi connectivity index (χ4n) is 5.98. The predicted octanol–water partition coefficient (Wildman–Crippen LogP) is 9.54. The lowest BCUT2D eigenvalue weighted by Crippen LogP contribution is -2.31. The molecule has 0 radical (unpaired) electrons. The van der Waals surface area contributed by atoms with E-state index in [4.69, 9.17) is 9.41 Å². The maximum atomic E-state index is 6.50. The van der Waals surface area contributed by atoms with Gasteiger partial charge in [0, 0.05) is 16.3 Å². The minimum atomic E-state index is -0.128. The molecule has 0 amide bonds. The van der Waals surface area contributed by atoms with Gasteiger partial charge in [-0.15, -0.1) is 0 Å². The van der Waals surface area contributed by atoms with E-state index in [1.54, 1.807) is 0 Å². The number of furan rings is 1. The molecule has 3 heteroatoms. The predicted molar refractivity (Wildman–Crippen MR) is 170 cm³/mol. The largest absolute Gasteiger partial charge is 0.456 e. The Labute approximate surface area is 238 Å². The van der Waals surface area contributed by atoms with Crippen LogP contribution < -0.4 is 5.32 Å². The van der Waals surface area contributed by atoms with Gasteiger partial charge < -0.3 is 9.73 Å². The fraction of sp³-hybridized carbons (Fsp3) is 0.0263. The molecule has 3 nitrogen and oxygen atoms in total. The Morgan fingerprint density at radius 2 is 1.24 bits per heavy atom. The molecule has 0 bridgehead atoms. The van der Waals surface area contributed by atoms with Crippen LogP contribution in [0.15, 0.2) is 155 Å². The highest BCUT2D eigenvalue weighted by molar-refractivity contribution is 6.10. The number of hydrogen-bond donors (Lipinski definition) is 1. The molecule has 1 unspecified atom stereocenters. The summed E-state index contributed by atoms with van der Waals surface area (Å²) in [6.45, 7) is 0. The first-order valence-corrected chi connectivity index (χ1v) is 13.9. The Kier molecular flexibility index (Phi) is 5.53. The number of para-hydroxylation sites is 1. The molecule has 0 saturated heterocycles. The molecule has 0 spiro atoms. The summed E-state index contributed by atoms with van der Waals surface area (Å²) in [5.74, 6) is 0.855. The Balaban J connectivity index is 1.39. The topological polar surface area (TPSA) is 37.5 Å². The van der Waals surface area contributed by atoms with E-state index in [1.165, 1.54) is 16.3 Å². The van der Waals surface area contributed by atoms with Crippen LogP contribution in [-0.4, -0.2) is 5.84 Å². The van der Waals surface area contributed by atoms with E-state index < -0.39 is 0 Å². The SMILES string of the molecule is C1=C(c2ccccc2)N=C(c2ccccc2)NC1c1cc(-c2cccc3ccccc23)cc2oc3ccccc3c12. The summed E-state index contributed by atoms with van der Waals surface area (Å²) in [4.78, 5) is 5.09. The minimum absolute atomic E-state index is 0.128. The Hall–Kier alpha value is -5.41. The van der Waals surface area contributed by atoms with Gasteiger partial charge in [0.05, 0.1) is 11.7 Å². The van der Waals surface area contributed by atoms with Crippen LogP contribution in [0.4, 0.5) is 0 Å². The van der Waals surface area contributed by atoms with Crippen molar-refractivity contribution in [3.8, 4) is 11.1 Å². The van der Waals surface area contributed by atoms with E-state index in [0.29, 0.717) is 0 Å². The first-order chi connectivity index (χ1) is 20.3. The number of aliphatic imine (C=N–C) groups is 1. The lowest BCUT2D eigenvalue weighted by Gasteiger charge is -2.25. The summed E-state index contributed by atoms with van der Waals surface area (Å²) in [6, 6.07) is 48.5. The number of nitrogens with one attached hydrogen (secondary N) is 1. The molecule has 0 saturated carbocycles. The van der Waals surface area contributed by atoms with Gasteiger partial charge in [-0.2, -0.15) is 0 Å². The van der Waals surface area contributed by atoms with Gasteiger partial charge in [0.25, 0.3) is 0 Å². The first-order valence-electron chi connectivity index (χ1n) is 13.9. The monoisotopic (exact) mass is 526 g/mol. The minimum Gasteiger partial charge on any atom is -0.456 e. The zero-order valence-electron chi connectivity index (χ0n) is 22.3. The highest BCUT2D eigenvalue weighted by atomic mass is 16.3. The third kappa shape index (κ3) is 4.11. The van der Waals surface area contributed by atoms with Crippen LogP contribution in [0.1, 0.15) is 22.7 Å². The van der Waals surface area contributed by atoms with E-state index >= 15 is 0 Å². The van der Waals surface area contributed by atoms with E-state index in [0.717, 1.165) is 55.7 Å². The van der Waals surface area contributed by atoms with Gasteiger partial charge in [-0.05, 0) is 57.3 Å². The van der Waals surface area contributed by atoms with Crippen LogP contribution in [0.3, 0.4) is 0 Å². The molecule has 0 fully saturated rings. The van der Waals surface area contributed by atoms with E-state index in [-0.39, 0.29) is 6.04 Å². The molecule has 0 aliphatic carbocycles. The van der Waals surface area contributed by atoms with Gasteiger partial charge in [-0.3, -0.25) is 0 Å². The van der Waals surface area contributed by atoms with Crippen molar-refractivity contribution in [2.75, 3.05) is 0 Å². The van der Waals surface area contributed by atoms with Crippen LogP contribution in [0, 0.1) is 0 Å². The summed E-state index contributed by atoms with van der Waals surface area (Å²) in [6.07, 6.45) is 2.24. The molecule has 41 heavy (non-hydrogen) atoms. The molecule has 1 atom stereocenters. The van der Waals surface area contributed by atoms with Gasteiger partial charge in [0.15, 0.2) is 0 Å². The zero-order chi connectivity index (χ0) is 27.2. The second-order valence-electron chi connectivity index (χ2n) is 10.4. The second-order valence-corrected chi connectivity index (χ2v) is 10.4. The number of fused-ring (bicyclic) bond motifs is 4. The lowest BCUT2D eigenvalue weighted by atomic mass is 9.91. The third-order valence-electron chi connectivity index (χ3n) is 7.91. The number of amidine groups is 1. The molecule has 1 aliphatic heterocycles. The normalized spacial score (nSPS) is 15.1. The molecular weight excluding hydrogens is 500 g/mol. The van der Waals surface area contributed by atoms with Crippen molar-refractivity contribution in [2.45, 2.75) is 6.04 Å². The van der Waals surface area contributed by atoms with Crippen LogP contribution >= 0.6 is 0 Å². The first kappa shape index (κ1) is 23.5. The molecule has 6 aromatic carbocycles. The van der Waals surface area contributed by atoms with Crippen molar-refractivity contribution in [3.63, 3.8) is 0 Å². The lowest BCUT2D eigenvalue weighted by molar-refractivity contribution is 0.668. The summed E-state index contributed by atoms with van der Waals surface area (Å²) in [7, 11) is 0. The quantitative estimate of drug-likeness (QED) is 0.248. The van der Waals surface area contributed by atoms with Crippen LogP contribution in [0.5, 0.6) is 0 Å². The van der Waals surface area contributed by atoms with Gasteiger partial charge >= 0.3 is 0 Å². The van der Waals surface area contributed by atoms with Gasteiger partial charge in [0.1, 0.15) is 17.0 Å². The van der Waals surface area contributed by atoms with Crippen molar-refractivity contribution in [1.29, 1.82) is 0 Å². The fourth-order valence-corrected chi connectivity index (χ4v) is 5.98. The molecule has 2 heterocycles. The highest BCUT2D eigenvalue weighted by Gasteiger charge is 2.24. The Morgan fingerprint density at radius 3 is 2.07 bits per heavy atom. The molecule has 1 aliphatic rings. The summed E-state index contributed by atoms with van der Waals surface area (Å²) in [5, 5.41) is 8.46. The van der Waals surface area contributed by atoms with Crippen LogP contribution in [-0.2, 0) is 0 Å². The van der Waals surface area contributed by atoms with E-state index in [9.17, 15) is 0 Å². The van der Waals surface area contributed by atoms with Crippen molar-refractivity contribution in [2.24, 2.45) is 4.99 Å². The van der Waals surface area contributed by atoms with Gasteiger partial charge in [0.2, 0.25) is 0 Å². The molecule has 1 N–H and O–H groups in total. The number of nitrogens with zero attached hydrogens (tertiary/aromatic N) is 1. The zero-order valence-corrected chi connectivity index (χ0v) is 22.3. The summed E-state index contributed by atoms with van der Waals surface area (Å²) in [5.41, 5.74) is 8.33. The maximum absolute atomic E-state index is 6.50. The molecule has 194 valence electrons. The Morgan fingerprint density at radius 1 is 0.561 bits per heavy atom. The van der Waals surface area contributed by atoms with Crippen molar-refractivity contribution < 1.29 is 4.42 Å². The van der Waals surface area contributed by atoms with E-state index in [2.05, 4.69) is 127 Å². The van der Waals surface area contributed by atoms with Crippen molar-refractivity contribution in [1.82, 2.24) is 5.32 Å². The molecule has 7 aromatic rings. The van der Waals surface area contributed by atoms with Gasteiger partial charge in [-0.25, -0.2) is 4.99 Å². The summed E-state index contributed by atoms with van der Waals surface area (Å²) < 4.78 is 6.50. The van der Waals surface area contributed by atoms with Crippen molar-refractivity contribution >= 4 is 44.2 Å². The standard InChI is InChI=1S/C38H26N2O/c1-3-13-26(14-4-1)33-24-34(40-38(39-33)27-15-5-2-6-16-27)32-22-28(30-20-11-17-25-12-7-8-18-29(25)30)23-36-37(32)31-19-9-10-21-35(31)41-36/h1-24,34H,(H,39,40). The highest BCUT2D eigenvalue weighted by Crippen LogP contribution is 2.41. The molecular formula is C38H26N2O. The second kappa shape index (κ2) is 9.65. The Bertz CT molecular complexity index is 2120. The molecule has 8 rings (SSSR count). The smallest absolute Gasteiger partial charge is 0.136 e. The molecule has 1 aromatic heterocycles. The van der Waals surface area contributed by atoms with Crippen molar-refractivity contribution in [3.05, 3.63) is 162 Å². The van der Waals surface area contributed by atoms with E-state index in [1.807, 2.05) is 24.3 Å². The average molecular weight is 527 g/mol. The third-order valence-corrected chi connectivity index (χ3v) is 7.91. The number of hydrogen-bond acceptors (Lipinski definition) is 3. The van der Waals surface area contributed by atoms with Crippen LogP contribution in [0.25, 0.3) is 49.5 Å². The maximum Gasteiger partial charge on any atom is 0.136 e. The average Bonchev–Trinajstić information content (AvgIpc) is 3.43.